The average Bonchev–Trinajstić information content (AvgIpc) is 2.48. The molecule has 0 N–H and O–H groups in total. The molecule has 0 aliphatic rings. The van der Waals surface area contributed by atoms with E-state index in [1.807, 2.05) is 0 Å². The zero-order chi connectivity index (χ0) is 21.6. The number of alkyl halides is 10. The minimum Gasteiger partial charge on any atom is -0.417 e. The van der Waals surface area contributed by atoms with Gasteiger partial charge in [0, 0.05) is 0 Å². The molecule has 160 valence electrons. The maximum atomic E-state index is 12.0. The van der Waals surface area contributed by atoms with Crippen LogP contribution in [0, 0.1) is 12.3 Å². The fourth-order valence-electron chi connectivity index (χ4n) is 0.664. The number of rotatable bonds is 6. The van der Waals surface area contributed by atoms with Gasteiger partial charge in [0.1, 0.15) is 23.1 Å². The van der Waals surface area contributed by atoms with E-state index < -0.39 is 60.7 Å². The number of carbonyl (C=O) groups is 4. The maximum Gasteiger partial charge on any atom is 2.00 e. The smallest absolute Gasteiger partial charge is 0.417 e. The standard InChI is InChI=1S/2C5HF6O2.Pt/c2*6-1(2(12)4(7)8)3(13)5(9,10)11;/h2*4H;/q2*-1;+2. The molecule has 27 heavy (non-hydrogen) atoms. The van der Waals surface area contributed by atoms with E-state index in [1.165, 1.54) is 0 Å². The van der Waals surface area contributed by atoms with Crippen molar-refractivity contribution in [3.8, 4) is 0 Å². The Bertz CT molecular complexity index is 493. The number of hydrogen-bond acceptors (Lipinski definition) is 4. The molecule has 0 fully saturated rings. The minimum absolute atomic E-state index is 0. The van der Waals surface area contributed by atoms with Gasteiger partial charge in [-0.3, -0.25) is 0 Å². The van der Waals surface area contributed by atoms with E-state index in [1.54, 1.807) is 0 Å². The number of halogens is 12. The van der Waals surface area contributed by atoms with Gasteiger partial charge in [-0.05, 0) is 0 Å². The van der Waals surface area contributed by atoms with Crippen LogP contribution in [-0.4, -0.2) is 48.3 Å². The van der Waals surface area contributed by atoms with E-state index in [2.05, 4.69) is 0 Å². The van der Waals surface area contributed by atoms with E-state index in [-0.39, 0.29) is 21.1 Å². The molecule has 0 aliphatic carbocycles. The van der Waals surface area contributed by atoms with Crippen molar-refractivity contribution in [2.45, 2.75) is 25.2 Å². The second-order valence-electron chi connectivity index (χ2n) is 3.61. The molecule has 0 saturated heterocycles. The van der Waals surface area contributed by atoms with Gasteiger partial charge in [0.25, 0.3) is 12.9 Å². The van der Waals surface area contributed by atoms with Crippen LogP contribution in [0.2, 0.25) is 0 Å². The Kier molecular flexibility index (Phi) is 12.4. The third-order valence-corrected chi connectivity index (χ3v) is 1.74. The Balaban J connectivity index is -0.000000411. The quantitative estimate of drug-likeness (QED) is 0.264. The first-order valence-corrected chi connectivity index (χ1v) is 5.28. The Morgan fingerprint density at radius 1 is 0.593 bits per heavy atom. The van der Waals surface area contributed by atoms with Crippen molar-refractivity contribution in [3.05, 3.63) is 12.3 Å². The Labute approximate surface area is 154 Å². The first kappa shape index (κ1) is 30.0. The van der Waals surface area contributed by atoms with Crippen LogP contribution in [0.1, 0.15) is 0 Å². The summed E-state index contributed by atoms with van der Waals surface area (Å²) >= 11 is 0. The summed E-state index contributed by atoms with van der Waals surface area (Å²) in [6.45, 7) is 0. The molecule has 17 heteroatoms. The maximum absolute atomic E-state index is 12.0. The van der Waals surface area contributed by atoms with E-state index >= 15 is 0 Å². The van der Waals surface area contributed by atoms with Gasteiger partial charge in [-0.1, -0.05) is 12.3 Å². The fraction of sp³-hybridized carbons (Fsp3) is 0.400. The molecule has 0 aromatic rings. The van der Waals surface area contributed by atoms with Gasteiger partial charge in [-0.15, -0.1) is 0 Å². The molecule has 4 nitrogen and oxygen atoms in total. The molecule has 0 amide bonds. The van der Waals surface area contributed by atoms with Gasteiger partial charge in [0.05, 0.1) is 0 Å². The van der Waals surface area contributed by atoms with Crippen LogP contribution in [0.5, 0.6) is 0 Å². The van der Waals surface area contributed by atoms with E-state index in [0.29, 0.717) is 0 Å². The number of carbonyl (C=O) groups excluding carboxylic acids is 4. The minimum atomic E-state index is -5.66. The molecule has 0 aromatic carbocycles. The molecule has 0 atom stereocenters. The van der Waals surface area contributed by atoms with E-state index in [0.717, 1.165) is 0 Å². The van der Waals surface area contributed by atoms with Crippen LogP contribution in [0.3, 0.4) is 0 Å². The van der Waals surface area contributed by atoms with Crippen molar-refractivity contribution >= 4 is 23.1 Å². The third-order valence-electron chi connectivity index (χ3n) is 1.74. The Morgan fingerprint density at radius 3 is 0.889 bits per heavy atom. The first-order chi connectivity index (χ1) is 11.4. The van der Waals surface area contributed by atoms with Gasteiger partial charge in [-0.25, -0.2) is 17.6 Å². The SMILES string of the molecule is O=C([C-](F)C(=O)C(F)(F)F)C(F)F.O=C([C-](F)C(=O)C(F)(F)F)C(F)F.[Pt+2]. The summed E-state index contributed by atoms with van der Waals surface area (Å²) in [5.74, 6) is -11.9. The first-order valence-electron chi connectivity index (χ1n) is 5.28. The second-order valence-corrected chi connectivity index (χ2v) is 3.61. The molecule has 0 aliphatic heterocycles. The van der Waals surface area contributed by atoms with Gasteiger partial charge in [-0.2, -0.15) is 26.3 Å². The molecular weight excluding hydrogens is 607 g/mol. The van der Waals surface area contributed by atoms with Crippen LogP contribution >= 0.6 is 0 Å². The summed E-state index contributed by atoms with van der Waals surface area (Å²) in [4.78, 5) is 39.3. The largest absolute Gasteiger partial charge is 2.00 e. The summed E-state index contributed by atoms with van der Waals surface area (Å²) in [7, 11) is 0. The predicted molar refractivity (Wildman–Crippen MR) is 52.8 cm³/mol. The van der Waals surface area contributed by atoms with Crippen molar-refractivity contribution in [1.82, 2.24) is 0 Å². The van der Waals surface area contributed by atoms with Crippen LogP contribution in [0.15, 0.2) is 0 Å². The topological polar surface area (TPSA) is 68.3 Å². The van der Waals surface area contributed by atoms with Crippen molar-refractivity contribution in [3.63, 3.8) is 0 Å². The zero-order valence-electron chi connectivity index (χ0n) is 11.6. The number of ketones is 4. The molecule has 0 radical (unpaired) electrons. The van der Waals surface area contributed by atoms with Crippen LogP contribution < -0.4 is 0 Å². The van der Waals surface area contributed by atoms with Crippen LogP contribution in [-0.2, 0) is 40.2 Å². The van der Waals surface area contributed by atoms with Gasteiger partial charge < -0.3 is 28.0 Å². The van der Waals surface area contributed by atoms with Gasteiger partial charge in [0.2, 0.25) is 0 Å². The van der Waals surface area contributed by atoms with Crippen LogP contribution in [0.4, 0.5) is 52.7 Å². The normalized spacial score (nSPS) is 11.2. The number of hydrogen-bond donors (Lipinski definition) is 0. The molecule has 0 bridgehead atoms. The molecular formula is C10H2F12O4Pt. The fourth-order valence-corrected chi connectivity index (χ4v) is 0.664. The van der Waals surface area contributed by atoms with Gasteiger partial charge in [0.15, 0.2) is 0 Å². The second kappa shape index (κ2) is 11.2. The Morgan fingerprint density at radius 2 is 0.778 bits per heavy atom. The van der Waals surface area contributed by atoms with Crippen molar-refractivity contribution in [2.24, 2.45) is 0 Å². The van der Waals surface area contributed by atoms with Crippen molar-refractivity contribution in [2.75, 3.05) is 0 Å². The van der Waals surface area contributed by atoms with Gasteiger partial charge >= 0.3 is 33.4 Å². The molecule has 0 heterocycles. The van der Waals surface area contributed by atoms with Crippen LogP contribution in [0.25, 0.3) is 0 Å². The third kappa shape index (κ3) is 10.2. The van der Waals surface area contributed by atoms with E-state index in [9.17, 15) is 71.9 Å². The average molecular weight is 609 g/mol. The summed E-state index contributed by atoms with van der Waals surface area (Å²) < 4.78 is 137. The molecule has 0 aromatic heterocycles. The summed E-state index contributed by atoms with van der Waals surface area (Å²) in [6, 6.07) is 0. The molecule has 0 spiro atoms. The number of Topliss-reactive ketones (excluding diaryl/α,β-unsaturated/α-hetero) is 4. The molecule has 0 saturated carbocycles. The monoisotopic (exact) mass is 609 g/mol. The van der Waals surface area contributed by atoms with Crippen molar-refractivity contribution < 1.29 is 92.9 Å². The zero-order valence-corrected chi connectivity index (χ0v) is 13.9. The predicted octanol–water partition coefficient (Wildman–Crippen LogP) is 2.90. The summed E-state index contributed by atoms with van der Waals surface area (Å²) in [6.07, 6.45) is -25.2. The summed E-state index contributed by atoms with van der Waals surface area (Å²) in [5.41, 5.74) is 0. The summed E-state index contributed by atoms with van der Waals surface area (Å²) in [5, 5.41) is 0. The van der Waals surface area contributed by atoms with E-state index in [4.69, 9.17) is 0 Å². The molecule has 0 rings (SSSR count). The van der Waals surface area contributed by atoms with Crippen molar-refractivity contribution in [1.29, 1.82) is 0 Å². The Hall–Kier alpha value is -1.73. The molecule has 0 unspecified atom stereocenters.